The molecule has 1 unspecified atom stereocenters. The Kier molecular flexibility index (Phi) is 5.09. The molecule has 1 atom stereocenters. The Morgan fingerprint density at radius 2 is 2.22 bits per heavy atom. The largest absolute Gasteiger partial charge is 0.351 e. The molecule has 0 aliphatic carbocycles. The van der Waals surface area contributed by atoms with Gasteiger partial charge in [-0.2, -0.15) is 0 Å². The molecule has 1 aromatic rings. The molecule has 0 spiro atoms. The van der Waals surface area contributed by atoms with Crippen LogP contribution in [0.2, 0.25) is 0 Å². The van der Waals surface area contributed by atoms with E-state index >= 15 is 0 Å². The molecule has 0 saturated carbocycles. The molecule has 0 aromatic carbocycles. The maximum atomic E-state index is 11.9. The first-order valence-electron chi connectivity index (χ1n) is 5.78. The van der Waals surface area contributed by atoms with Gasteiger partial charge in [-0.25, -0.2) is 4.68 Å². The van der Waals surface area contributed by atoms with Gasteiger partial charge >= 0.3 is 0 Å². The van der Waals surface area contributed by atoms with E-state index in [2.05, 4.69) is 20.8 Å². The highest BCUT2D eigenvalue weighted by molar-refractivity contribution is 8.00. The van der Waals surface area contributed by atoms with Gasteiger partial charge in [-0.15, -0.1) is 5.10 Å². The number of nitrogens with one attached hydrogen (secondary N) is 1. The fraction of sp³-hybridized carbons (Fsp3) is 0.800. The van der Waals surface area contributed by atoms with Crippen molar-refractivity contribution in [1.29, 1.82) is 0 Å². The molecule has 0 aliphatic rings. The Balaban J connectivity index is 2.61. The quantitative estimate of drug-likeness (QED) is 0.734. The molecule has 8 heteroatoms. The summed E-state index contributed by atoms with van der Waals surface area (Å²) in [5, 5.41) is 14.6. The molecule has 1 heterocycles. The van der Waals surface area contributed by atoms with E-state index in [1.54, 1.807) is 4.68 Å². The minimum absolute atomic E-state index is 0.0326. The molecule has 0 bridgehead atoms. The van der Waals surface area contributed by atoms with E-state index in [9.17, 15) is 4.79 Å². The number of carbonyl (C=O) groups excluding carboxylic acids is 1. The summed E-state index contributed by atoms with van der Waals surface area (Å²) in [5.41, 5.74) is 5.22. The fourth-order valence-corrected chi connectivity index (χ4v) is 2.04. The molecule has 0 saturated heterocycles. The first-order chi connectivity index (χ1) is 8.33. The minimum Gasteiger partial charge on any atom is -0.351 e. The molecule has 18 heavy (non-hydrogen) atoms. The lowest BCUT2D eigenvalue weighted by Gasteiger charge is -2.22. The number of hydrogen-bond acceptors (Lipinski definition) is 6. The van der Waals surface area contributed by atoms with Crippen LogP contribution in [0.25, 0.3) is 0 Å². The number of nitrogens with zero attached hydrogens (tertiary/aromatic N) is 4. The molecular weight excluding hydrogens is 252 g/mol. The Bertz CT molecular complexity index is 399. The smallest absolute Gasteiger partial charge is 0.233 e. The van der Waals surface area contributed by atoms with Gasteiger partial charge in [-0.05, 0) is 38.1 Å². The number of amides is 1. The second kappa shape index (κ2) is 6.14. The van der Waals surface area contributed by atoms with Crippen molar-refractivity contribution in [2.45, 2.75) is 50.2 Å². The van der Waals surface area contributed by atoms with Crippen LogP contribution in [-0.2, 0) is 11.3 Å². The zero-order chi connectivity index (χ0) is 13.8. The van der Waals surface area contributed by atoms with Crippen molar-refractivity contribution in [2.24, 2.45) is 5.73 Å². The summed E-state index contributed by atoms with van der Waals surface area (Å²) in [6.07, 6.45) is 0. The second-order valence-electron chi connectivity index (χ2n) is 4.97. The Morgan fingerprint density at radius 1 is 1.56 bits per heavy atom. The number of hydrogen-bond donors (Lipinski definition) is 2. The highest BCUT2D eigenvalue weighted by Gasteiger charge is 2.22. The lowest BCUT2D eigenvalue weighted by atomic mass is 10.1. The average Bonchev–Trinajstić information content (AvgIpc) is 2.64. The Hall–Kier alpha value is -1.15. The van der Waals surface area contributed by atoms with Crippen molar-refractivity contribution >= 4 is 17.7 Å². The van der Waals surface area contributed by atoms with Crippen LogP contribution < -0.4 is 11.1 Å². The summed E-state index contributed by atoms with van der Waals surface area (Å²) in [6.45, 7) is 8.67. The van der Waals surface area contributed by atoms with Crippen LogP contribution in [0.5, 0.6) is 0 Å². The maximum absolute atomic E-state index is 11.9. The Morgan fingerprint density at radius 3 is 2.78 bits per heavy atom. The van der Waals surface area contributed by atoms with Gasteiger partial charge in [0.25, 0.3) is 0 Å². The molecule has 0 radical (unpaired) electrons. The maximum Gasteiger partial charge on any atom is 0.233 e. The van der Waals surface area contributed by atoms with E-state index in [1.807, 2.05) is 27.7 Å². The number of thioether (sulfide) groups is 1. The predicted octanol–water partition coefficient (Wildman–Crippen LogP) is 0.0271. The van der Waals surface area contributed by atoms with Gasteiger partial charge in [0.1, 0.15) is 0 Å². The lowest BCUT2D eigenvalue weighted by molar-refractivity contribution is -0.121. The van der Waals surface area contributed by atoms with Crippen LogP contribution in [0.15, 0.2) is 5.16 Å². The summed E-state index contributed by atoms with van der Waals surface area (Å²) in [6, 6.07) is 0. The third-order valence-electron chi connectivity index (χ3n) is 1.99. The summed E-state index contributed by atoms with van der Waals surface area (Å²) < 4.78 is 1.60. The van der Waals surface area contributed by atoms with Crippen molar-refractivity contribution in [3.8, 4) is 0 Å². The van der Waals surface area contributed by atoms with Crippen molar-refractivity contribution < 1.29 is 4.79 Å². The molecule has 1 amide bonds. The molecule has 0 aliphatic heterocycles. The van der Waals surface area contributed by atoms with Gasteiger partial charge in [0.05, 0.1) is 11.8 Å². The zero-order valence-electron chi connectivity index (χ0n) is 11.2. The van der Waals surface area contributed by atoms with Gasteiger partial charge in [0, 0.05) is 12.1 Å². The number of tetrazole rings is 1. The van der Waals surface area contributed by atoms with Gasteiger partial charge in [0.2, 0.25) is 11.1 Å². The van der Waals surface area contributed by atoms with Crippen LogP contribution in [0.4, 0.5) is 0 Å². The molecule has 1 rings (SSSR count). The molecule has 7 nitrogen and oxygen atoms in total. The van der Waals surface area contributed by atoms with Crippen LogP contribution >= 0.6 is 11.8 Å². The third kappa shape index (κ3) is 4.61. The monoisotopic (exact) mass is 272 g/mol. The van der Waals surface area contributed by atoms with Crippen molar-refractivity contribution in [3.63, 3.8) is 0 Å². The normalized spacial score (nSPS) is 13.4. The standard InChI is InChI=1S/C10H20N6OS/c1-7(8(17)12-10(2,3)4)18-9-13-14-15-16(9)6-5-11/h7H,5-6,11H2,1-4H3,(H,12,17). The summed E-state index contributed by atoms with van der Waals surface area (Å²) in [5.74, 6) is -0.0326. The topological polar surface area (TPSA) is 98.7 Å². The molecule has 1 aromatic heterocycles. The zero-order valence-corrected chi connectivity index (χ0v) is 12.0. The summed E-state index contributed by atoms with van der Waals surface area (Å²) >= 11 is 1.32. The van der Waals surface area contributed by atoms with E-state index in [1.165, 1.54) is 11.8 Å². The molecule has 0 fully saturated rings. The van der Waals surface area contributed by atoms with Gasteiger partial charge in [-0.3, -0.25) is 4.79 Å². The molecule has 3 N–H and O–H groups in total. The highest BCUT2D eigenvalue weighted by Crippen LogP contribution is 2.20. The molecule has 102 valence electrons. The first-order valence-corrected chi connectivity index (χ1v) is 6.66. The average molecular weight is 272 g/mol. The van der Waals surface area contributed by atoms with E-state index in [0.29, 0.717) is 18.2 Å². The number of rotatable bonds is 5. The highest BCUT2D eigenvalue weighted by atomic mass is 32.2. The molecular formula is C10H20N6OS. The van der Waals surface area contributed by atoms with Gasteiger partial charge in [-0.1, -0.05) is 11.8 Å². The first kappa shape index (κ1) is 14.9. The van der Waals surface area contributed by atoms with Crippen LogP contribution in [-0.4, -0.2) is 43.4 Å². The van der Waals surface area contributed by atoms with E-state index < -0.39 is 0 Å². The van der Waals surface area contributed by atoms with Gasteiger partial charge in [0.15, 0.2) is 0 Å². The predicted molar refractivity (Wildman–Crippen MR) is 70.1 cm³/mol. The fourth-order valence-electron chi connectivity index (χ4n) is 1.23. The van der Waals surface area contributed by atoms with Crippen LogP contribution in [0.3, 0.4) is 0 Å². The van der Waals surface area contributed by atoms with Crippen molar-refractivity contribution in [2.75, 3.05) is 6.54 Å². The van der Waals surface area contributed by atoms with Crippen molar-refractivity contribution in [1.82, 2.24) is 25.5 Å². The number of nitrogens with two attached hydrogens (primary N) is 1. The third-order valence-corrected chi connectivity index (χ3v) is 3.06. The Labute approximate surface area is 111 Å². The van der Waals surface area contributed by atoms with E-state index in [0.717, 1.165) is 0 Å². The summed E-state index contributed by atoms with van der Waals surface area (Å²) in [7, 11) is 0. The van der Waals surface area contributed by atoms with Crippen molar-refractivity contribution in [3.05, 3.63) is 0 Å². The lowest BCUT2D eigenvalue weighted by Crippen LogP contribution is -2.44. The summed E-state index contributed by atoms with van der Waals surface area (Å²) in [4.78, 5) is 11.9. The van der Waals surface area contributed by atoms with Crippen LogP contribution in [0.1, 0.15) is 27.7 Å². The SMILES string of the molecule is CC(Sc1nnnn1CCN)C(=O)NC(C)(C)C. The van der Waals surface area contributed by atoms with E-state index in [4.69, 9.17) is 5.73 Å². The second-order valence-corrected chi connectivity index (χ2v) is 6.28. The minimum atomic E-state index is -0.258. The van der Waals surface area contributed by atoms with E-state index in [-0.39, 0.29) is 16.7 Å². The number of aromatic nitrogens is 4. The van der Waals surface area contributed by atoms with Gasteiger partial charge < -0.3 is 11.1 Å². The number of carbonyl (C=O) groups is 1. The van der Waals surface area contributed by atoms with Crippen LogP contribution in [0, 0.1) is 0 Å².